The number of fused-ring (bicyclic) bond motifs is 1. The number of aromatic nitrogens is 2. The summed E-state index contributed by atoms with van der Waals surface area (Å²) in [5.41, 5.74) is 7.93. The largest absolute Gasteiger partial charge is 0.330 e. The molecule has 0 spiro atoms. The molecule has 2 N–H and O–H groups in total. The van der Waals surface area contributed by atoms with Crippen LogP contribution in [0.3, 0.4) is 0 Å². The number of rotatable bonds is 6. The Balaban J connectivity index is 2.43. The van der Waals surface area contributed by atoms with E-state index < -0.39 is 0 Å². The van der Waals surface area contributed by atoms with E-state index >= 15 is 0 Å². The van der Waals surface area contributed by atoms with Gasteiger partial charge in [-0.15, -0.1) is 0 Å². The van der Waals surface area contributed by atoms with Crippen molar-refractivity contribution in [2.24, 2.45) is 5.73 Å². The predicted octanol–water partition coefficient (Wildman–Crippen LogP) is 4.05. The van der Waals surface area contributed by atoms with Crippen LogP contribution < -0.4 is 5.73 Å². The second kappa shape index (κ2) is 6.53. The van der Waals surface area contributed by atoms with Crippen molar-refractivity contribution in [3.05, 3.63) is 28.5 Å². The van der Waals surface area contributed by atoms with Gasteiger partial charge >= 0.3 is 0 Å². The van der Waals surface area contributed by atoms with Crippen molar-refractivity contribution < 1.29 is 0 Å². The molecule has 19 heavy (non-hydrogen) atoms. The Labute approximate surface area is 123 Å². The van der Waals surface area contributed by atoms with E-state index in [0.717, 1.165) is 42.3 Å². The lowest BCUT2D eigenvalue weighted by atomic mass is 10.0. The molecule has 1 aromatic carbocycles. The van der Waals surface area contributed by atoms with Gasteiger partial charge in [0.1, 0.15) is 5.82 Å². The molecule has 0 saturated heterocycles. The van der Waals surface area contributed by atoms with Gasteiger partial charge in [-0.1, -0.05) is 29.8 Å². The minimum absolute atomic E-state index is 0.460. The Kier molecular flexibility index (Phi) is 4.99. The molecule has 104 valence electrons. The van der Waals surface area contributed by atoms with E-state index in [1.807, 2.05) is 0 Å². The normalized spacial score (nSPS) is 13.1. The van der Waals surface area contributed by atoms with Gasteiger partial charge in [-0.25, -0.2) is 4.98 Å². The van der Waals surface area contributed by atoms with Crippen LogP contribution in [-0.4, -0.2) is 16.1 Å². The van der Waals surface area contributed by atoms with E-state index in [9.17, 15) is 0 Å². The van der Waals surface area contributed by atoms with Crippen LogP contribution in [0.5, 0.6) is 0 Å². The van der Waals surface area contributed by atoms with Gasteiger partial charge in [-0.05, 0) is 44.0 Å². The van der Waals surface area contributed by atoms with Gasteiger partial charge in [0.15, 0.2) is 0 Å². The molecule has 1 heterocycles. The minimum Gasteiger partial charge on any atom is -0.330 e. The molecular weight excluding hydrogens is 302 g/mol. The molecule has 0 aliphatic carbocycles. The van der Waals surface area contributed by atoms with E-state index in [0.29, 0.717) is 5.92 Å². The summed E-state index contributed by atoms with van der Waals surface area (Å²) < 4.78 is 3.45. The topological polar surface area (TPSA) is 43.8 Å². The quantitative estimate of drug-likeness (QED) is 0.871. The number of hydrogen-bond donors (Lipinski definition) is 1. The Hall–Kier alpha value is -0.870. The monoisotopic (exact) mass is 323 g/mol. The third-order valence-corrected chi connectivity index (χ3v) is 3.96. The highest BCUT2D eigenvalue weighted by Crippen LogP contribution is 2.27. The Bertz CT molecular complexity index is 548. The van der Waals surface area contributed by atoms with Gasteiger partial charge in [-0.2, -0.15) is 0 Å². The maximum absolute atomic E-state index is 5.61. The summed E-state index contributed by atoms with van der Waals surface area (Å²) in [6.45, 7) is 6.24. The van der Waals surface area contributed by atoms with E-state index in [-0.39, 0.29) is 0 Å². The summed E-state index contributed by atoms with van der Waals surface area (Å²) in [6.07, 6.45) is 3.28. The van der Waals surface area contributed by atoms with Crippen LogP contribution in [0.25, 0.3) is 11.0 Å². The van der Waals surface area contributed by atoms with Gasteiger partial charge in [-0.3, -0.25) is 0 Å². The van der Waals surface area contributed by atoms with Crippen LogP contribution in [0.4, 0.5) is 0 Å². The molecule has 0 bridgehead atoms. The lowest BCUT2D eigenvalue weighted by molar-refractivity contribution is 0.559. The molecule has 1 unspecified atom stereocenters. The second-order valence-corrected chi connectivity index (χ2v) is 6.00. The van der Waals surface area contributed by atoms with Gasteiger partial charge < -0.3 is 10.3 Å². The highest BCUT2D eigenvalue weighted by atomic mass is 79.9. The first-order valence-corrected chi connectivity index (χ1v) is 7.82. The zero-order valence-corrected chi connectivity index (χ0v) is 13.3. The molecular formula is C15H22BrN3. The molecule has 2 aromatic rings. The fourth-order valence-electron chi connectivity index (χ4n) is 2.51. The van der Waals surface area contributed by atoms with Crippen molar-refractivity contribution in [2.45, 2.75) is 45.6 Å². The fraction of sp³-hybridized carbons (Fsp3) is 0.533. The molecule has 0 amide bonds. The lowest BCUT2D eigenvalue weighted by Crippen LogP contribution is -2.09. The molecule has 1 aromatic heterocycles. The molecule has 4 heteroatoms. The summed E-state index contributed by atoms with van der Waals surface area (Å²) in [4.78, 5) is 4.84. The molecule has 0 saturated carbocycles. The maximum atomic E-state index is 5.61. The SMILES string of the molecule is CCCn1c(C(C)CCCN)nc2cc(Br)ccc21. The zero-order chi connectivity index (χ0) is 13.8. The van der Waals surface area contributed by atoms with Crippen LogP contribution in [0, 0.1) is 0 Å². The number of benzene rings is 1. The van der Waals surface area contributed by atoms with Crippen molar-refractivity contribution in [1.29, 1.82) is 0 Å². The summed E-state index contributed by atoms with van der Waals surface area (Å²) in [5, 5.41) is 0. The first-order valence-electron chi connectivity index (χ1n) is 7.03. The van der Waals surface area contributed by atoms with Crippen LogP contribution in [0.15, 0.2) is 22.7 Å². The number of nitrogens with zero attached hydrogens (tertiary/aromatic N) is 2. The van der Waals surface area contributed by atoms with Crippen molar-refractivity contribution in [3.63, 3.8) is 0 Å². The average molecular weight is 324 g/mol. The summed E-state index contributed by atoms with van der Waals surface area (Å²) in [6, 6.07) is 6.34. The van der Waals surface area contributed by atoms with E-state index in [4.69, 9.17) is 10.7 Å². The van der Waals surface area contributed by atoms with Gasteiger partial charge in [0.05, 0.1) is 11.0 Å². The summed E-state index contributed by atoms with van der Waals surface area (Å²) in [5.74, 6) is 1.66. The average Bonchev–Trinajstić information content (AvgIpc) is 2.74. The number of imidazole rings is 1. The molecule has 2 rings (SSSR count). The minimum atomic E-state index is 0.460. The Morgan fingerprint density at radius 3 is 2.89 bits per heavy atom. The standard InChI is InChI=1S/C15H22BrN3/c1-3-9-19-14-7-6-12(16)10-13(14)18-15(19)11(2)5-4-8-17/h6-7,10-11H,3-5,8-9,17H2,1-2H3. The van der Waals surface area contributed by atoms with Gasteiger partial charge in [0, 0.05) is 16.9 Å². The fourth-order valence-corrected chi connectivity index (χ4v) is 2.86. The van der Waals surface area contributed by atoms with Crippen molar-refractivity contribution in [3.8, 4) is 0 Å². The van der Waals surface area contributed by atoms with Crippen molar-refractivity contribution in [1.82, 2.24) is 9.55 Å². The maximum Gasteiger partial charge on any atom is 0.112 e. The van der Waals surface area contributed by atoms with Crippen LogP contribution in [0.1, 0.15) is 44.9 Å². The number of hydrogen-bond acceptors (Lipinski definition) is 2. The van der Waals surface area contributed by atoms with E-state index in [1.54, 1.807) is 0 Å². The first-order chi connectivity index (χ1) is 9.17. The van der Waals surface area contributed by atoms with Crippen molar-refractivity contribution in [2.75, 3.05) is 6.54 Å². The predicted molar refractivity (Wildman–Crippen MR) is 84.4 cm³/mol. The third kappa shape index (κ3) is 3.18. The summed E-state index contributed by atoms with van der Waals surface area (Å²) >= 11 is 3.52. The van der Waals surface area contributed by atoms with Gasteiger partial charge in [0.2, 0.25) is 0 Å². The van der Waals surface area contributed by atoms with E-state index in [2.05, 4.69) is 52.5 Å². The highest BCUT2D eigenvalue weighted by Gasteiger charge is 2.16. The number of halogens is 1. The molecule has 0 aliphatic rings. The molecule has 0 fully saturated rings. The van der Waals surface area contributed by atoms with Gasteiger partial charge in [0.25, 0.3) is 0 Å². The highest BCUT2D eigenvalue weighted by molar-refractivity contribution is 9.10. The van der Waals surface area contributed by atoms with E-state index in [1.165, 1.54) is 11.3 Å². The second-order valence-electron chi connectivity index (χ2n) is 5.09. The molecule has 1 atom stereocenters. The van der Waals surface area contributed by atoms with Crippen LogP contribution in [0.2, 0.25) is 0 Å². The molecule has 0 radical (unpaired) electrons. The molecule has 0 aliphatic heterocycles. The molecule has 3 nitrogen and oxygen atoms in total. The Morgan fingerprint density at radius 2 is 2.21 bits per heavy atom. The third-order valence-electron chi connectivity index (χ3n) is 3.47. The van der Waals surface area contributed by atoms with Crippen LogP contribution in [-0.2, 0) is 6.54 Å². The first kappa shape index (κ1) is 14.5. The van der Waals surface area contributed by atoms with Crippen molar-refractivity contribution >= 4 is 27.0 Å². The zero-order valence-electron chi connectivity index (χ0n) is 11.7. The number of nitrogens with two attached hydrogens (primary N) is 1. The summed E-state index contributed by atoms with van der Waals surface area (Å²) in [7, 11) is 0. The lowest BCUT2D eigenvalue weighted by Gasteiger charge is -2.13. The Morgan fingerprint density at radius 1 is 1.42 bits per heavy atom. The smallest absolute Gasteiger partial charge is 0.112 e. The van der Waals surface area contributed by atoms with Crippen LogP contribution >= 0.6 is 15.9 Å². The number of aryl methyl sites for hydroxylation is 1.